The van der Waals surface area contributed by atoms with Crippen LogP contribution in [0.1, 0.15) is 25.1 Å². The van der Waals surface area contributed by atoms with E-state index in [1.54, 1.807) is 48.7 Å². The maximum Gasteiger partial charge on any atom is 0.269 e. The summed E-state index contributed by atoms with van der Waals surface area (Å²) >= 11 is 6.25. The van der Waals surface area contributed by atoms with E-state index in [2.05, 4.69) is 24.9 Å². The zero-order valence-corrected chi connectivity index (χ0v) is 18.2. The van der Waals surface area contributed by atoms with Crippen LogP contribution in [0.3, 0.4) is 0 Å². The zero-order valence-electron chi connectivity index (χ0n) is 16.7. The molecule has 4 aromatic rings. The van der Waals surface area contributed by atoms with E-state index in [-0.39, 0.29) is 10.8 Å². The van der Waals surface area contributed by atoms with Crippen LogP contribution in [0, 0.1) is 5.92 Å². The van der Waals surface area contributed by atoms with Crippen LogP contribution in [-0.4, -0.2) is 17.4 Å². The molecule has 0 bridgehead atoms. The second kappa shape index (κ2) is 8.09. The van der Waals surface area contributed by atoms with Crippen molar-refractivity contribution in [3.8, 4) is 0 Å². The highest BCUT2D eigenvalue weighted by Gasteiger charge is 2.26. The number of nitrogens with zero attached hydrogens (tertiary/aromatic N) is 2. The molecule has 0 aliphatic heterocycles. The van der Waals surface area contributed by atoms with Gasteiger partial charge in [0, 0.05) is 22.2 Å². The van der Waals surface area contributed by atoms with Crippen LogP contribution in [0.15, 0.2) is 90.0 Å². The molecule has 6 heteroatoms. The van der Waals surface area contributed by atoms with Gasteiger partial charge >= 0.3 is 0 Å². The number of aromatic nitrogens is 2. The largest absolute Gasteiger partial charge is 0.269 e. The van der Waals surface area contributed by atoms with Gasteiger partial charge in [-0.3, -0.25) is 0 Å². The minimum absolute atomic E-state index is 0.192. The molecule has 30 heavy (non-hydrogen) atoms. The first-order chi connectivity index (χ1) is 14.4. The highest BCUT2D eigenvalue weighted by atomic mass is 35.5. The minimum Gasteiger partial charge on any atom is -0.237 e. The van der Waals surface area contributed by atoms with E-state index in [9.17, 15) is 8.42 Å². The smallest absolute Gasteiger partial charge is 0.237 e. The highest BCUT2D eigenvalue weighted by molar-refractivity contribution is 7.90. The highest BCUT2D eigenvalue weighted by Crippen LogP contribution is 2.33. The topological polar surface area (TPSA) is 52.0 Å². The summed E-state index contributed by atoms with van der Waals surface area (Å²) in [5, 5.41) is 1.34. The molecule has 2 aromatic carbocycles. The first-order valence-electron chi connectivity index (χ1n) is 9.63. The number of benzene rings is 2. The summed E-state index contributed by atoms with van der Waals surface area (Å²) in [5.41, 5.74) is 2.60. The van der Waals surface area contributed by atoms with Crippen LogP contribution >= 0.6 is 11.6 Å². The Morgan fingerprint density at radius 1 is 1.00 bits per heavy atom. The Hall–Kier alpha value is -2.89. The number of hydrogen-bond donors (Lipinski definition) is 0. The molecule has 2 aromatic heterocycles. The van der Waals surface area contributed by atoms with Gasteiger partial charge in [0.25, 0.3) is 10.0 Å². The number of hydrogen-bond acceptors (Lipinski definition) is 3. The number of halogens is 1. The van der Waals surface area contributed by atoms with Gasteiger partial charge < -0.3 is 0 Å². The third-order valence-electron chi connectivity index (χ3n) is 4.71. The van der Waals surface area contributed by atoms with E-state index >= 15 is 0 Å². The van der Waals surface area contributed by atoms with Gasteiger partial charge in [-0.2, -0.15) is 0 Å². The summed E-state index contributed by atoms with van der Waals surface area (Å²) in [6.07, 6.45) is 3.66. The third-order valence-corrected chi connectivity index (χ3v) is 6.67. The number of allylic oxidation sites excluding steroid dienone is 1. The monoisotopic (exact) mass is 436 g/mol. The molecule has 0 atom stereocenters. The average Bonchev–Trinajstić information content (AvgIpc) is 3.12. The predicted molar refractivity (Wildman–Crippen MR) is 122 cm³/mol. The van der Waals surface area contributed by atoms with Crippen LogP contribution in [0.25, 0.3) is 16.6 Å². The molecule has 0 unspecified atom stereocenters. The Labute approximate surface area is 181 Å². The second-order valence-corrected chi connectivity index (χ2v) is 9.59. The van der Waals surface area contributed by atoms with Crippen molar-refractivity contribution in [2.75, 3.05) is 0 Å². The van der Waals surface area contributed by atoms with E-state index in [4.69, 9.17) is 11.6 Å². The minimum atomic E-state index is -3.87. The Morgan fingerprint density at radius 3 is 2.47 bits per heavy atom. The van der Waals surface area contributed by atoms with E-state index in [0.717, 1.165) is 16.5 Å². The van der Waals surface area contributed by atoms with Gasteiger partial charge in [0.1, 0.15) is 0 Å². The van der Waals surface area contributed by atoms with E-state index in [0.29, 0.717) is 16.4 Å². The maximum atomic E-state index is 13.7. The van der Waals surface area contributed by atoms with Gasteiger partial charge in [-0.05, 0) is 53.9 Å². The van der Waals surface area contributed by atoms with Gasteiger partial charge in [0.2, 0.25) is 0 Å². The average molecular weight is 437 g/mol. The van der Waals surface area contributed by atoms with Crippen molar-refractivity contribution < 1.29 is 8.42 Å². The van der Waals surface area contributed by atoms with Crippen molar-refractivity contribution in [3.63, 3.8) is 0 Å². The van der Waals surface area contributed by atoms with Crippen molar-refractivity contribution in [3.05, 3.63) is 101 Å². The quantitative estimate of drug-likeness (QED) is 0.384. The molecule has 2 heterocycles. The second-order valence-electron chi connectivity index (χ2n) is 7.36. The lowest BCUT2D eigenvalue weighted by Gasteiger charge is -2.15. The standard InChI is InChI=1S/C24H21ClN2O2S/c1-17(2)14-22(18-8-6-10-20(25)15-18)23-16-19-9-7-13-26-24(19)27(23)30(28,29)21-11-4-3-5-12-21/h3-17H,1-2H3/b22-14+. The molecule has 0 N–H and O–H groups in total. The molecular weight excluding hydrogens is 416 g/mol. The summed E-state index contributed by atoms with van der Waals surface area (Å²) in [6, 6.07) is 21.4. The number of pyridine rings is 1. The molecule has 0 aliphatic carbocycles. The van der Waals surface area contributed by atoms with Gasteiger partial charge in [-0.1, -0.05) is 61.9 Å². The van der Waals surface area contributed by atoms with E-state index in [1.807, 2.05) is 30.3 Å². The molecule has 4 nitrogen and oxygen atoms in total. The Morgan fingerprint density at radius 2 is 1.77 bits per heavy atom. The first kappa shape index (κ1) is 20.4. The van der Waals surface area contributed by atoms with Gasteiger partial charge in [0.15, 0.2) is 5.65 Å². The molecule has 0 aliphatic rings. The van der Waals surface area contributed by atoms with Crippen LogP contribution in [0.5, 0.6) is 0 Å². The Kier molecular flexibility index (Phi) is 5.50. The van der Waals surface area contributed by atoms with Crippen molar-refractivity contribution in [2.24, 2.45) is 5.92 Å². The zero-order chi connectivity index (χ0) is 21.3. The predicted octanol–water partition coefficient (Wildman–Crippen LogP) is 6.01. The fourth-order valence-corrected chi connectivity index (χ4v) is 5.15. The first-order valence-corrected chi connectivity index (χ1v) is 11.4. The fraction of sp³-hybridized carbons (Fsp3) is 0.125. The summed E-state index contributed by atoms with van der Waals surface area (Å²) in [6.45, 7) is 4.11. The SMILES string of the molecule is CC(C)/C=C(\c1cccc(Cl)c1)c1cc2cccnc2n1S(=O)(=O)c1ccccc1. The van der Waals surface area contributed by atoms with E-state index < -0.39 is 10.0 Å². The normalized spacial score (nSPS) is 12.6. The fourth-order valence-electron chi connectivity index (χ4n) is 3.46. The van der Waals surface area contributed by atoms with Crippen LogP contribution < -0.4 is 0 Å². The Balaban J connectivity index is 2.07. The molecule has 0 saturated heterocycles. The maximum absolute atomic E-state index is 13.7. The van der Waals surface area contributed by atoms with E-state index in [1.165, 1.54) is 3.97 Å². The summed E-state index contributed by atoms with van der Waals surface area (Å²) < 4.78 is 28.7. The molecule has 152 valence electrons. The molecule has 0 spiro atoms. The Bertz CT molecular complexity index is 1340. The molecule has 4 rings (SSSR count). The van der Waals surface area contributed by atoms with Gasteiger partial charge in [0.05, 0.1) is 10.6 Å². The lowest BCUT2D eigenvalue weighted by Crippen LogP contribution is -2.16. The molecule has 0 radical (unpaired) electrons. The molecular formula is C24H21ClN2O2S. The molecule has 0 saturated carbocycles. The summed E-state index contributed by atoms with van der Waals surface area (Å²) in [7, 11) is -3.87. The number of fused-ring (bicyclic) bond motifs is 1. The third kappa shape index (κ3) is 3.78. The van der Waals surface area contributed by atoms with Gasteiger partial charge in [-0.25, -0.2) is 17.4 Å². The molecule has 0 fully saturated rings. The van der Waals surface area contributed by atoms with Crippen molar-refractivity contribution >= 4 is 38.2 Å². The summed E-state index contributed by atoms with van der Waals surface area (Å²) in [5.74, 6) is 0.192. The lowest BCUT2D eigenvalue weighted by molar-refractivity contribution is 0.588. The van der Waals surface area contributed by atoms with Crippen molar-refractivity contribution in [1.82, 2.24) is 8.96 Å². The van der Waals surface area contributed by atoms with Crippen LogP contribution in [0.4, 0.5) is 0 Å². The van der Waals surface area contributed by atoms with Crippen molar-refractivity contribution in [2.45, 2.75) is 18.7 Å². The molecule has 0 amide bonds. The summed E-state index contributed by atoms with van der Waals surface area (Å²) in [4.78, 5) is 4.61. The van der Waals surface area contributed by atoms with Crippen molar-refractivity contribution in [1.29, 1.82) is 0 Å². The van der Waals surface area contributed by atoms with Crippen LogP contribution in [0.2, 0.25) is 5.02 Å². The van der Waals surface area contributed by atoms with Crippen LogP contribution in [-0.2, 0) is 10.0 Å². The number of rotatable bonds is 5. The lowest BCUT2D eigenvalue weighted by atomic mass is 9.99. The van der Waals surface area contributed by atoms with Gasteiger partial charge in [-0.15, -0.1) is 0 Å².